The Morgan fingerprint density at radius 3 is 2.45 bits per heavy atom. The highest BCUT2D eigenvalue weighted by molar-refractivity contribution is 14.1. The van der Waals surface area contributed by atoms with Crippen molar-refractivity contribution >= 4 is 44.1 Å². The molecule has 2 rings (SSSR count). The molecular formula is C14H12INO3S. The van der Waals surface area contributed by atoms with Crippen LogP contribution in [0.25, 0.3) is 0 Å². The highest BCUT2D eigenvalue weighted by Crippen LogP contribution is 2.19. The van der Waals surface area contributed by atoms with E-state index in [1.54, 1.807) is 30.3 Å². The summed E-state index contributed by atoms with van der Waals surface area (Å²) < 4.78 is 28.0. The van der Waals surface area contributed by atoms with Crippen LogP contribution in [0.4, 0.5) is 5.69 Å². The molecule has 6 heteroatoms. The van der Waals surface area contributed by atoms with E-state index < -0.39 is 10.0 Å². The van der Waals surface area contributed by atoms with Crippen LogP contribution >= 0.6 is 22.6 Å². The predicted molar refractivity (Wildman–Crippen MR) is 86.4 cm³/mol. The van der Waals surface area contributed by atoms with E-state index in [0.717, 1.165) is 3.57 Å². The molecule has 0 aliphatic carbocycles. The van der Waals surface area contributed by atoms with Crippen molar-refractivity contribution in [3.63, 3.8) is 0 Å². The fourth-order valence-electron chi connectivity index (χ4n) is 1.65. The Morgan fingerprint density at radius 1 is 1.10 bits per heavy atom. The third kappa shape index (κ3) is 3.57. The van der Waals surface area contributed by atoms with Gasteiger partial charge in [0.15, 0.2) is 5.78 Å². The Hall–Kier alpha value is -1.41. The molecule has 0 heterocycles. The lowest BCUT2D eigenvalue weighted by Crippen LogP contribution is -2.13. The van der Waals surface area contributed by atoms with Gasteiger partial charge in [-0.15, -0.1) is 0 Å². The largest absolute Gasteiger partial charge is 0.295 e. The number of benzene rings is 2. The molecule has 2 aromatic rings. The smallest absolute Gasteiger partial charge is 0.261 e. The number of ketones is 1. The molecule has 0 bridgehead atoms. The number of carbonyl (C=O) groups is 1. The van der Waals surface area contributed by atoms with Gasteiger partial charge in [-0.25, -0.2) is 8.42 Å². The number of hydrogen-bond donors (Lipinski definition) is 1. The molecule has 0 radical (unpaired) electrons. The lowest BCUT2D eigenvalue weighted by Gasteiger charge is -2.09. The highest BCUT2D eigenvalue weighted by Gasteiger charge is 2.15. The Balaban J connectivity index is 2.35. The molecule has 0 aromatic heterocycles. The van der Waals surface area contributed by atoms with Gasteiger partial charge in [0.25, 0.3) is 10.0 Å². The second kappa shape index (κ2) is 5.92. The van der Waals surface area contributed by atoms with Crippen molar-refractivity contribution < 1.29 is 13.2 Å². The van der Waals surface area contributed by atoms with Gasteiger partial charge in [-0.05, 0) is 59.8 Å². The van der Waals surface area contributed by atoms with E-state index in [1.165, 1.54) is 19.1 Å². The van der Waals surface area contributed by atoms with E-state index in [0.29, 0.717) is 11.3 Å². The van der Waals surface area contributed by atoms with Gasteiger partial charge in [0, 0.05) is 14.8 Å². The molecule has 0 aliphatic heterocycles. The maximum Gasteiger partial charge on any atom is 0.261 e. The highest BCUT2D eigenvalue weighted by atomic mass is 127. The fourth-order valence-corrected chi connectivity index (χ4v) is 3.29. The SMILES string of the molecule is CC(=O)c1cccc(S(=O)(=O)Nc2cccc(I)c2)c1. The van der Waals surface area contributed by atoms with E-state index in [2.05, 4.69) is 27.3 Å². The summed E-state index contributed by atoms with van der Waals surface area (Å²) in [5, 5.41) is 0. The standard InChI is InChI=1S/C14H12INO3S/c1-10(17)11-4-2-7-14(8-11)20(18,19)16-13-6-3-5-12(15)9-13/h2-9,16H,1H3. The zero-order valence-corrected chi connectivity index (χ0v) is 13.6. The van der Waals surface area contributed by atoms with Gasteiger partial charge in [-0.3, -0.25) is 9.52 Å². The van der Waals surface area contributed by atoms with Crippen LogP contribution in [0.2, 0.25) is 0 Å². The maximum atomic E-state index is 12.3. The molecular weight excluding hydrogens is 389 g/mol. The molecule has 1 N–H and O–H groups in total. The number of halogens is 1. The summed E-state index contributed by atoms with van der Waals surface area (Å²) in [7, 11) is -3.69. The quantitative estimate of drug-likeness (QED) is 0.632. The van der Waals surface area contributed by atoms with E-state index >= 15 is 0 Å². The van der Waals surface area contributed by atoms with Crippen molar-refractivity contribution in [3.05, 3.63) is 57.7 Å². The van der Waals surface area contributed by atoms with E-state index in [4.69, 9.17) is 0 Å². The molecule has 0 unspecified atom stereocenters. The molecule has 0 aliphatic rings. The zero-order chi connectivity index (χ0) is 14.8. The number of hydrogen-bond acceptors (Lipinski definition) is 3. The number of rotatable bonds is 4. The minimum absolute atomic E-state index is 0.0732. The van der Waals surface area contributed by atoms with Crippen molar-refractivity contribution in [1.82, 2.24) is 0 Å². The summed E-state index contributed by atoms with van der Waals surface area (Å²) in [4.78, 5) is 11.4. The summed E-state index contributed by atoms with van der Waals surface area (Å²) in [6.45, 7) is 1.40. The minimum atomic E-state index is -3.69. The Kier molecular flexibility index (Phi) is 4.44. The van der Waals surface area contributed by atoms with E-state index in [-0.39, 0.29) is 10.7 Å². The van der Waals surface area contributed by atoms with Gasteiger partial charge < -0.3 is 0 Å². The van der Waals surface area contributed by atoms with Crippen LogP contribution in [0.1, 0.15) is 17.3 Å². The first-order valence-corrected chi connectivity index (χ1v) is 8.34. The van der Waals surface area contributed by atoms with Crippen molar-refractivity contribution in [2.24, 2.45) is 0 Å². The first-order valence-electron chi connectivity index (χ1n) is 5.78. The van der Waals surface area contributed by atoms with Crippen LogP contribution in [0, 0.1) is 3.57 Å². The fraction of sp³-hybridized carbons (Fsp3) is 0.0714. The average molecular weight is 401 g/mol. The second-order valence-corrected chi connectivity index (χ2v) is 7.13. The molecule has 0 amide bonds. The summed E-state index contributed by atoms with van der Waals surface area (Å²) in [6, 6.07) is 13.0. The van der Waals surface area contributed by atoms with Gasteiger partial charge in [0.1, 0.15) is 0 Å². The zero-order valence-electron chi connectivity index (χ0n) is 10.6. The van der Waals surface area contributed by atoms with E-state index in [1.807, 2.05) is 6.07 Å². The lowest BCUT2D eigenvalue weighted by atomic mass is 10.2. The van der Waals surface area contributed by atoms with Crippen molar-refractivity contribution in [2.45, 2.75) is 11.8 Å². The monoisotopic (exact) mass is 401 g/mol. The molecule has 104 valence electrons. The third-order valence-corrected chi connectivity index (χ3v) is 4.68. The third-order valence-electron chi connectivity index (χ3n) is 2.63. The van der Waals surface area contributed by atoms with Crippen molar-refractivity contribution in [2.75, 3.05) is 4.72 Å². The normalized spacial score (nSPS) is 11.1. The van der Waals surface area contributed by atoms with Gasteiger partial charge in [-0.2, -0.15) is 0 Å². The molecule has 0 saturated carbocycles. The van der Waals surface area contributed by atoms with Gasteiger partial charge in [-0.1, -0.05) is 18.2 Å². The Morgan fingerprint density at radius 2 is 1.80 bits per heavy atom. The maximum absolute atomic E-state index is 12.3. The Bertz CT molecular complexity index is 757. The average Bonchev–Trinajstić information content (AvgIpc) is 2.38. The molecule has 20 heavy (non-hydrogen) atoms. The minimum Gasteiger partial charge on any atom is -0.295 e. The Labute approximate surface area is 131 Å². The molecule has 0 spiro atoms. The molecule has 2 aromatic carbocycles. The molecule has 4 nitrogen and oxygen atoms in total. The van der Waals surface area contributed by atoms with Crippen molar-refractivity contribution in [1.29, 1.82) is 0 Å². The van der Waals surface area contributed by atoms with Crippen LogP contribution in [-0.4, -0.2) is 14.2 Å². The first-order chi connectivity index (χ1) is 9.38. The van der Waals surface area contributed by atoms with Gasteiger partial charge >= 0.3 is 0 Å². The first kappa shape index (κ1) is 15.0. The lowest BCUT2D eigenvalue weighted by molar-refractivity contribution is 0.101. The number of Topliss-reactive ketones (excluding diaryl/α,β-unsaturated/α-hetero) is 1. The number of sulfonamides is 1. The predicted octanol–water partition coefficient (Wildman–Crippen LogP) is 3.29. The van der Waals surface area contributed by atoms with Gasteiger partial charge in [0.2, 0.25) is 0 Å². The number of nitrogens with one attached hydrogen (secondary N) is 1. The number of carbonyl (C=O) groups excluding carboxylic acids is 1. The summed E-state index contributed by atoms with van der Waals surface area (Å²) in [5.41, 5.74) is 0.862. The van der Waals surface area contributed by atoms with Gasteiger partial charge in [0.05, 0.1) is 4.90 Å². The molecule has 0 atom stereocenters. The number of anilines is 1. The summed E-state index contributed by atoms with van der Waals surface area (Å²) in [5.74, 6) is -0.170. The van der Waals surface area contributed by atoms with Crippen LogP contribution in [0.15, 0.2) is 53.4 Å². The summed E-state index contributed by atoms with van der Waals surface area (Å²) >= 11 is 2.11. The van der Waals surface area contributed by atoms with Crippen LogP contribution in [0.5, 0.6) is 0 Å². The van der Waals surface area contributed by atoms with Crippen molar-refractivity contribution in [3.8, 4) is 0 Å². The van der Waals surface area contributed by atoms with E-state index in [9.17, 15) is 13.2 Å². The summed E-state index contributed by atoms with van der Waals surface area (Å²) in [6.07, 6.45) is 0. The molecule has 0 saturated heterocycles. The second-order valence-electron chi connectivity index (χ2n) is 4.20. The van der Waals surface area contributed by atoms with Crippen LogP contribution in [0.3, 0.4) is 0 Å². The molecule has 0 fully saturated rings. The van der Waals surface area contributed by atoms with Crippen LogP contribution in [-0.2, 0) is 10.0 Å². The van der Waals surface area contributed by atoms with Crippen LogP contribution < -0.4 is 4.72 Å². The topological polar surface area (TPSA) is 63.2 Å².